The van der Waals surface area contributed by atoms with Gasteiger partial charge in [0.05, 0.1) is 23.9 Å². The SMILES string of the molecule is COc1ccc(Cl)cc1/C(O)=C1\C(=O)C(=O)N(CCN(C)C)C1c1ccccn1. The summed E-state index contributed by atoms with van der Waals surface area (Å²) in [4.78, 5) is 33.4. The molecule has 1 aliphatic heterocycles. The number of aromatic nitrogens is 1. The van der Waals surface area contributed by atoms with Gasteiger partial charge in [0.15, 0.2) is 0 Å². The fourth-order valence-electron chi connectivity index (χ4n) is 3.27. The third kappa shape index (κ3) is 4.11. The maximum atomic E-state index is 12.9. The minimum Gasteiger partial charge on any atom is -0.507 e. The fraction of sp³-hybridized carbons (Fsp3) is 0.286. The van der Waals surface area contributed by atoms with Crippen molar-refractivity contribution in [3.63, 3.8) is 0 Å². The highest BCUT2D eigenvalue weighted by Gasteiger charge is 2.46. The van der Waals surface area contributed by atoms with Crippen LogP contribution < -0.4 is 4.74 Å². The van der Waals surface area contributed by atoms with Crippen molar-refractivity contribution in [1.29, 1.82) is 0 Å². The molecule has 1 N–H and O–H groups in total. The number of carbonyl (C=O) groups excluding carboxylic acids is 2. The van der Waals surface area contributed by atoms with Gasteiger partial charge in [0.1, 0.15) is 17.6 Å². The molecular weight excluding hydrogens is 394 g/mol. The van der Waals surface area contributed by atoms with E-state index in [1.54, 1.807) is 36.5 Å². The van der Waals surface area contributed by atoms with Crippen molar-refractivity contribution in [3.05, 3.63) is 64.4 Å². The third-order valence-electron chi connectivity index (χ3n) is 4.71. The summed E-state index contributed by atoms with van der Waals surface area (Å²) in [5, 5.41) is 11.4. The Hall–Kier alpha value is -2.90. The van der Waals surface area contributed by atoms with Gasteiger partial charge in [0.2, 0.25) is 0 Å². The number of methoxy groups -OCH3 is 1. The molecule has 3 rings (SSSR count). The van der Waals surface area contributed by atoms with Gasteiger partial charge in [-0.2, -0.15) is 0 Å². The molecule has 0 saturated carbocycles. The Morgan fingerprint density at radius 2 is 2.03 bits per heavy atom. The van der Waals surface area contributed by atoms with Gasteiger partial charge in [-0.3, -0.25) is 14.6 Å². The first kappa shape index (κ1) is 20.8. The maximum Gasteiger partial charge on any atom is 0.295 e. The zero-order valence-electron chi connectivity index (χ0n) is 16.4. The minimum atomic E-state index is -0.806. The first-order valence-corrected chi connectivity index (χ1v) is 9.41. The molecular formula is C21H22ClN3O4. The molecule has 0 radical (unpaired) electrons. The van der Waals surface area contributed by atoms with Crippen molar-refractivity contribution in [1.82, 2.24) is 14.8 Å². The number of halogens is 1. The lowest BCUT2D eigenvalue weighted by Gasteiger charge is -2.25. The molecule has 1 atom stereocenters. The number of likely N-dealkylation sites (N-methyl/N-ethyl adjacent to an activating group) is 1. The second-order valence-electron chi connectivity index (χ2n) is 6.89. The van der Waals surface area contributed by atoms with Gasteiger partial charge in [-0.15, -0.1) is 0 Å². The van der Waals surface area contributed by atoms with Gasteiger partial charge in [0.25, 0.3) is 11.7 Å². The van der Waals surface area contributed by atoms with E-state index in [9.17, 15) is 14.7 Å². The monoisotopic (exact) mass is 415 g/mol. The summed E-state index contributed by atoms with van der Waals surface area (Å²) in [6.07, 6.45) is 1.58. The summed E-state index contributed by atoms with van der Waals surface area (Å²) in [6, 6.07) is 9.14. The highest BCUT2D eigenvalue weighted by Crippen LogP contribution is 2.40. The van der Waals surface area contributed by atoms with Crippen molar-refractivity contribution in [2.24, 2.45) is 0 Å². The van der Waals surface area contributed by atoms with Crippen LogP contribution in [-0.4, -0.2) is 65.9 Å². The molecule has 7 nitrogen and oxygen atoms in total. The Morgan fingerprint density at radius 1 is 1.28 bits per heavy atom. The lowest BCUT2D eigenvalue weighted by atomic mass is 9.98. The average molecular weight is 416 g/mol. The fourth-order valence-corrected chi connectivity index (χ4v) is 3.45. The molecule has 8 heteroatoms. The molecule has 152 valence electrons. The summed E-state index contributed by atoms with van der Waals surface area (Å²) in [5.41, 5.74) is 0.701. The second-order valence-corrected chi connectivity index (χ2v) is 7.33. The van der Waals surface area contributed by atoms with Crippen LogP contribution in [-0.2, 0) is 9.59 Å². The number of likely N-dealkylation sites (tertiary alicyclic amines) is 1. The first-order valence-electron chi connectivity index (χ1n) is 9.03. The van der Waals surface area contributed by atoms with Crippen molar-refractivity contribution in [2.45, 2.75) is 6.04 Å². The van der Waals surface area contributed by atoms with E-state index < -0.39 is 17.7 Å². The van der Waals surface area contributed by atoms with Crippen LogP contribution in [0.3, 0.4) is 0 Å². The number of Topliss-reactive ketones (excluding diaryl/α,β-unsaturated/α-hetero) is 1. The Labute approximate surface area is 174 Å². The molecule has 0 aliphatic carbocycles. The van der Waals surface area contributed by atoms with Gasteiger partial charge < -0.3 is 19.6 Å². The van der Waals surface area contributed by atoms with Gasteiger partial charge in [-0.05, 0) is 44.4 Å². The lowest BCUT2D eigenvalue weighted by Crippen LogP contribution is -2.35. The molecule has 1 fully saturated rings. The highest BCUT2D eigenvalue weighted by atomic mass is 35.5. The molecule has 0 bridgehead atoms. The van der Waals surface area contributed by atoms with Gasteiger partial charge >= 0.3 is 0 Å². The largest absolute Gasteiger partial charge is 0.507 e. The summed E-state index contributed by atoms with van der Waals surface area (Å²) >= 11 is 6.09. The second kappa shape index (κ2) is 8.63. The smallest absolute Gasteiger partial charge is 0.295 e. The van der Waals surface area contributed by atoms with E-state index in [-0.39, 0.29) is 16.9 Å². The Balaban J connectivity index is 2.19. The van der Waals surface area contributed by atoms with E-state index >= 15 is 0 Å². The summed E-state index contributed by atoms with van der Waals surface area (Å²) in [7, 11) is 5.21. The number of hydrogen-bond acceptors (Lipinski definition) is 6. The quantitative estimate of drug-likeness (QED) is 0.443. The molecule has 1 saturated heterocycles. The zero-order valence-corrected chi connectivity index (χ0v) is 17.2. The number of benzene rings is 1. The normalized spacial score (nSPS) is 18.5. The van der Waals surface area contributed by atoms with Crippen LogP contribution in [0.2, 0.25) is 5.02 Å². The molecule has 1 amide bonds. The van der Waals surface area contributed by atoms with E-state index in [0.29, 0.717) is 29.6 Å². The number of amides is 1. The topological polar surface area (TPSA) is 83.0 Å². The summed E-state index contributed by atoms with van der Waals surface area (Å²) in [5.74, 6) is -1.44. The van der Waals surface area contributed by atoms with Gasteiger partial charge in [-0.25, -0.2) is 0 Å². The number of carbonyl (C=O) groups is 2. The summed E-state index contributed by atoms with van der Waals surface area (Å²) < 4.78 is 5.30. The van der Waals surface area contributed by atoms with Crippen LogP contribution >= 0.6 is 11.6 Å². The van der Waals surface area contributed by atoms with Gasteiger partial charge in [0, 0.05) is 24.3 Å². The Bertz CT molecular complexity index is 960. The van der Waals surface area contributed by atoms with Crippen molar-refractivity contribution < 1.29 is 19.4 Å². The van der Waals surface area contributed by atoms with Crippen molar-refractivity contribution in [2.75, 3.05) is 34.3 Å². The van der Waals surface area contributed by atoms with E-state index in [1.165, 1.54) is 18.1 Å². The van der Waals surface area contributed by atoms with E-state index in [2.05, 4.69) is 4.98 Å². The Morgan fingerprint density at radius 3 is 2.66 bits per heavy atom. The predicted octanol–water partition coefficient (Wildman–Crippen LogP) is 2.73. The average Bonchev–Trinajstić information content (AvgIpc) is 2.97. The number of ketones is 1. The third-order valence-corrected chi connectivity index (χ3v) is 4.95. The molecule has 0 spiro atoms. The predicted molar refractivity (Wildman–Crippen MR) is 110 cm³/mol. The lowest BCUT2D eigenvalue weighted by molar-refractivity contribution is -0.140. The van der Waals surface area contributed by atoms with Crippen LogP contribution in [0.1, 0.15) is 17.3 Å². The van der Waals surface area contributed by atoms with Crippen LogP contribution in [0.5, 0.6) is 5.75 Å². The number of aliphatic hydroxyl groups excluding tert-OH is 1. The van der Waals surface area contributed by atoms with Crippen LogP contribution in [0.15, 0.2) is 48.2 Å². The number of rotatable bonds is 6. The first-order chi connectivity index (χ1) is 13.8. The van der Waals surface area contributed by atoms with E-state index in [4.69, 9.17) is 16.3 Å². The highest BCUT2D eigenvalue weighted by molar-refractivity contribution is 6.46. The minimum absolute atomic E-state index is 0.0342. The van der Waals surface area contributed by atoms with Crippen LogP contribution in [0.4, 0.5) is 0 Å². The Kier molecular flexibility index (Phi) is 6.20. The van der Waals surface area contributed by atoms with E-state index in [1.807, 2.05) is 19.0 Å². The molecule has 2 aromatic rings. The van der Waals surface area contributed by atoms with Gasteiger partial charge in [-0.1, -0.05) is 17.7 Å². The number of pyridine rings is 1. The number of hydrogen-bond donors (Lipinski definition) is 1. The van der Waals surface area contributed by atoms with Crippen LogP contribution in [0.25, 0.3) is 5.76 Å². The number of ether oxygens (including phenoxy) is 1. The molecule has 1 unspecified atom stereocenters. The molecule has 1 aromatic carbocycles. The standard InChI is InChI=1S/C21H22ClN3O4/c1-24(2)10-11-25-18(15-6-4-5-9-23-15)17(20(27)21(25)28)19(26)14-12-13(22)7-8-16(14)29-3/h4-9,12,18,26H,10-11H2,1-3H3/b19-17+. The summed E-state index contributed by atoms with van der Waals surface area (Å²) in [6.45, 7) is 0.860. The molecule has 29 heavy (non-hydrogen) atoms. The molecule has 1 aromatic heterocycles. The van der Waals surface area contributed by atoms with Crippen molar-refractivity contribution in [3.8, 4) is 5.75 Å². The molecule has 1 aliphatic rings. The van der Waals surface area contributed by atoms with Crippen LogP contribution in [0, 0.1) is 0 Å². The van der Waals surface area contributed by atoms with E-state index in [0.717, 1.165) is 0 Å². The zero-order chi connectivity index (χ0) is 21.1. The number of aliphatic hydroxyl groups is 1. The van der Waals surface area contributed by atoms with Crippen molar-refractivity contribution >= 4 is 29.1 Å². The molecule has 2 heterocycles. The maximum absolute atomic E-state index is 12.9. The number of nitrogens with zero attached hydrogens (tertiary/aromatic N) is 3.